The summed E-state index contributed by atoms with van der Waals surface area (Å²) in [6, 6.07) is 4.67. The van der Waals surface area contributed by atoms with Crippen LogP contribution in [0.2, 0.25) is 5.02 Å². The molecule has 0 amide bonds. The number of esters is 1. The second-order valence-corrected chi connectivity index (χ2v) is 4.00. The van der Waals surface area contributed by atoms with E-state index in [2.05, 4.69) is 0 Å². The number of rotatable bonds is 4. The third-order valence-electron chi connectivity index (χ3n) is 1.86. The first kappa shape index (κ1) is 13.6. The van der Waals surface area contributed by atoms with Gasteiger partial charge in [-0.1, -0.05) is 23.2 Å². The molecule has 5 nitrogen and oxygen atoms in total. The summed E-state index contributed by atoms with van der Waals surface area (Å²) in [6.45, 7) is -0.181. The van der Waals surface area contributed by atoms with Crippen LogP contribution in [0, 0.1) is 0 Å². The average molecular weight is 278 g/mol. The normalized spacial score (nSPS) is 11.9. The fourth-order valence-corrected chi connectivity index (χ4v) is 1.26. The van der Waals surface area contributed by atoms with Crippen LogP contribution in [-0.4, -0.2) is 22.4 Å². The maximum absolute atomic E-state index is 11.1. The Morgan fingerprint density at radius 3 is 2.71 bits per heavy atom. The van der Waals surface area contributed by atoms with Gasteiger partial charge in [-0.05, 0) is 18.2 Å². The van der Waals surface area contributed by atoms with Crippen molar-refractivity contribution in [1.82, 2.24) is 0 Å². The smallest absolute Gasteiger partial charge is 0.336 e. The number of ether oxygens (including phenoxy) is 1. The Morgan fingerprint density at radius 2 is 2.12 bits per heavy atom. The SMILES string of the molecule is Nc1ccc(Cl)c(COC(=O)C(Cl)C(=O)O)c1. The molecule has 0 heterocycles. The predicted molar refractivity (Wildman–Crippen MR) is 62.9 cm³/mol. The summed E-state index contributed by atoms with van der Waals surface area (Å²) in [7, 11) is 0. The number of alkyl halides is 1. The number of hydrogen-bond acceptors (Lipinski definition) is 4. The van der Waals surface area contributed by atoms with E-state index < -0.39 is 17.3 Å². The Labute approximate surface area is 107 Å². The number of nitrogens with two attached hydrogens (primary N) is 1. The lowest BCUT2D eigenvalue weighted by Gasteiger charge is -2.08. The zero-order valence-electron chi connectivity index (χ0n) is 8.52. The average Bonchev–Trinajstić information content (AvgIpc) is 2.28. The lowest BCUT2D eigenvalue weighted by atomic mass is 10.2. The van der Waals surface area contributed by atoms with Gasteiger partial charge < -0.3 is 15.6 Å². The van der Waals surface area contributed by atoms with Gasteiger partial charge in [0.2, 0.25) is 5.38 Å². The summed E-state index contributed by atoms with van der Waals surface area (Å²) >= 11 is 11.1. The van der Waals surface area contributed by atoms with Crippen LogP contribution in [0.15, 0.2) is 18.2 Å². The minimum absolute atomic E-state index is 0.181. The zero-order valence-corrected chi connectivity index (χ0v) is 10.0. The van der Waals surface area contributed by atoms with E-state index in [-0.39, 0.29) is 6.61 Å². The minimum Gasteiger partial charge on any atom is -0.480 e. The van der Waals surface area contributed by atoms with Crippen LogP contribution in [0.4, 0.5) is 5.69 Å². The number of halogens is 2. The monoisotopic (exact) mass is 277 g/mol. The number of hydrogen-bond donors (Lipinski definition) is 2. The van der Waals surface area contributed by atoms with Gasteiger partial charge in [-0.15, -0.1) is 0 Å². The molecule has 0 fully saturated rings. The molecule has 0 saturated carbocycles. The summed E-state index contributed by atoms with van der Waals surface area (Å²) in [5, 5.41) is 7.11. The molecule has 17 heavy (non-hydrogen) atoms. The van der Waals surface area contributed by atoms with Gasteiger partial charge in [-0.2, -0.15) is 0 Å². The maximum Gasteiger partial charge on any atom is 0.336 e. The van der Waals surface area contributed by atoms with Gasteiger partial charge in [0.05, 0.1) is 0 Å². The third kappa shape index (κ3) is 3.80. The van der Waals surface area contributed by atoms with Crippen LogP contribution in [0.1, 0.15) is 5.56 Å². The van der Waals surface area contributed by atoms with Crippen molar-refractivity contribution >= 4 is 40.8 Å². The van der Waals surface area contributed by atoms with Crippen molar-refractivity contribution < 1.29 is 19.4 Å². The first-order valence-electron chi connectivity index (χ1n) is 4.49. The van der Waals surface area contributed by atoms with Crippen molar-refractivity contribution in [2.24, 2.45) is 0 Å². The molecule has 92 valence electrons. The van der Waals surface area contributed by atoms with Crippen LogP contribution in [0.25, 0.3) is 0 Å². The minimum atomic E-state index is -1.73. The second-order valence-electron chi connectivity index (χ2n) is 3.16. The van der Waals surface area contributed by atoms with Gasteiger partial charge in [0.1, 0.15) is 6.61 Å². The van der Waals surface area contributed by atoms with Gasteiger partial charge in [-0.3, -0.25) is 0 Å². The van der Waals surface area contributed by atoms with E-state index >= 15 is 0 Å². The number of carbonyl (C=O) groups is 2. The summed E-state index contributed by atoms with van der Waals surface area (Å²) in [6.07, 6.45) is 0. The summed E-state index contributed by atoms with van der Waals surface area (Å²) in [5.74, 6) is -2.51. The van der Waals surface area contributed by atoms with E-state index in [9.17, 15) is 9.59 Å². The Kier molecular flexibility index (Phi) is 4.60. The fourth-order valence-electron chi connectivity index (χ4n) is 1.03. The molecule has 0 saturated heterocycles. The van der Waals surface area contributed by atoms with Gasteiger partial charge in [0.25, 0.3) is 0 Å². The highest BCUT2D eigenvalue weighted by Gasteiger charge is 2.24. The van der Waals surface area contributed by atoms with Gasteiger partial charge in [0, 0.05) is 16.3 Å². The number of carbonyl (C=O) groups excluding carboxylic acids is 1. The summed E-state index contributed by atoms with van der Waals surface area (Å²) < 4.78 is 4.70. The van der Waals surface area contributed by atoms with Crippen molar-refractivity contribution in [3.05, 3.63) is 28.8 Å². The second kappa shape index (κ2) is 5.75. The predicted octanol–water partition coefficient (Wildman–Crippen LogP) is 1.66. The molecule has 0 aromatic heterocycles. The van der Waals surface area contributed by atoms with Crippen molar-refractivity contribution in [3.8, 4) is 0 Å². The Bertz CT molecular complexity index is 450. The molecular weight excluding hydrogens is 269 g/mol. The van der Waals surface area contributed by atoms with E-state index in [1.165, 1.54) is 6.07 Å². The highest BCUT2D eigenvalue weighted by Crippen LogP contribution is 2.20. The van der Waals surface area contributed by atoms with Crippen LogP contribution >= 0.6 is 23.2 Å². The largest absolute Gasteiger partial charge is 0.480 e. The number of anilines is 1. The number of nitrogen functional groups attached to an aromatic ring is 1. The third-order valence-corrected chi connectivity index (χ3v) is 2.60. The van der Waals surface area contributed by atoms with E-state index in [4.69, 9.17) is 38.8 Å². The Morgan fingerprint density at radius 1 is 1.47 bits per heavy atom. The van der Waals surface area contributed by atoms with Gasteiger partial charge in [0.15, 0.2) is 0 Å². The van der Waals surface area contributed by atoms with Crippen molar-refractivity contribution in [1.29, 1.82) is 0 Å². The molecular formula is C10H9Cl2NO4. The van der Waals surface area contributed by atoms with E-state index in [1.54, 1.807) is 12.1 Å². The standard InChI is InChI=1S/C10H9Cl2NO4/c11-7-2-1-6(13)3-5(7)4-17-10(16)8(12)9(14)15/h1-3,8H,4,13H2,(H,14,15). The highest BCUT2D eigenvalue weighted by molar-refractivity contribution is 6.39. The Hall–Kier alpha value is -1.46. The zero-order chi connectivity index (χ0) is 13.0. The number of aliphatic carboxylic acids is 1. The number of carboxylic acids is 1. The molecule has 3 N–H and O–H groups in total. The van der Waals surface area contributed by atoms with Gasteiger partial charge >= 0.3 is 11.9 Å². The van der Waals surface area contributed by atoms with Crippen LogP contribution in [0.5, 0.6) is 0 Å². The molecule has 0 aliphatic carbocycles. The Balaban J connectivity index is 2.64. The van der Waals surface area contributed by atoms with Crippen LogP contribution < -0.4 is 5.73 Å². The molecule has 0 aliphatic rings. The first-order valence-corrected chi connectivity index (χ1v) is 5.30. The van der Waals surface area contributed by atoms with Gasteiger partial charge in [-0.25, -0.2) is 9.59 Å². The van der Waals surface area contributed by atoms with E-state index in [0.717, 1.165) is 0 Å². The molecule has 0 radical (unpaired) electrons. The van der Waals surface area contributed by atoms with E-state index in [0.29, 0.717) is 16.3 Å². The van der Waals surface area contributed by atoms with Crippen molar-refractivity contribution in [3.63, 3.8) is 0 Å². The molecule has 1 unspecified atom stereocenters. The molecule has 7 heteroatoms. The van der Waals surface area contributed by atoms with Crippen molar-refractivity contribution in [2.75, 3.05) is 5.73 Å². The molecule has 0 aliphatic heterocycles. The molecule has 0 bridgehead atoms. The highest BCUT2D eigenvalue weighted by atomic mass is 35.5. The molecule has 1 rings (SSSR count). The topological polar surface area (TPSA) is 89.6 Å². The first-order chi connectivity index (χ1) is 7.91. The maximum atomic E-state index is 11.1. The molecule has 0 spiro atoms. The lowest BCUT2D eigenvalue weighted by molar-refractivity contribution is -0.151. The molecule has 1 atom stereocenters. The van der Waals surface area contributed by atoms with E-state index in [1.807, 2.05) is 0 Å². The lowest BCUT2D eigenvalue weighted by Crippen LogP contribution is -2.26. The number of carboxylic acid groups (broad SMARTS) is 1. The molecule has 1 aromatic carbocycles. The number of benzene rings is 1. The fraction of sp³-hybridized carbons (Fsp3) is 0.200. The quantitative estimate of drug-likeness (QED) is 0.378. The molecule has 1 aromatic rings. The van der Waals surface area contributed by atoms with Crippen molar-refractivity contribution in [2.45, 2.75) is 12.0 Å². The van der Waals surface area contributed by atoms with Crippen LogP contribution in [0.3, 0.4) is 0 Å². The van der Waals surface area contributed by atoms with Crippen LogP contribution in [-0.2, 0) is 20.9 Å². The summed E-state index contributed by atoms with van der Waals surface area (Å²) in [5.41, 5.74) is 6.46. The summed E-state index contributed by atoms with van der Waals surface area (Å²) in [4.78, 5) is 21.5.